The van der Waals surface area contributed by atoms with Crippen LogP contribution in [0, 0.1) is 10.1 Å². The van der Waals surface area contributed by atoms with Crippen LogP contribution in [0.3, 0.4) is 0 Å². The number of aromatic nitrogens is 1. The highest BCUT2D eigenvalue weighted by molar-refractivity contribution is 5.99. The smallest absolute Gasteiger partial charge is 0.341 e. The molecule has 8 nitrogen and oxygen atoms in total. The molecule has 0 spiro atoms. The molecular weight excluding hydrogens is 340 g/mol. The zero-order chi connectivity index (χ0) is 18.7. The largest absolute Gasteiger partial charge is 0.496 e. The number of carbonyl (C=O) groups excluding carboxylic acids is 1. The van der Waals surface area contributed by atoms with Crippen LogP contribution in [0.4, 0.5) is 5.69 Å². The number of nitro benzene ring substituents is 1. The van der Waals surface area contributed by atoms with Gasteiger partial charge in [0.25, 0.3) is 5.69 Å². The fourth-order valence-electron chi connectivity index (χ4n) is 2.44. The predicted octanol–water partition coefficient (Wildman–Crippen LogP) is 3.73. The number of esters is 1. The lowest BCUT2D eigenvalue weighted by Gasteiger charge is -2.12. The standard InChI is InChI=1S/C18H14N2O6/c1-24-17-10-15-13(9-14(17)18(21)25-2)16(7-8-19-15)26-12-5-3-11(4-6-12)20(22)23/h3-10H,1-2H3. The number of nitro groups is 1. The summed E-state index contributed by atoms with van der Waals surface area (Å²) < 4.78 is 15.8. The SMILES string of the molecule is COC(=O)c1cc2c(Oc3ccc([N+](=O)[O-])cc3)ccnc2cc1OC. The maximum absolute atomic E-state index is 12.0. The van der Waals surface area contributed by atoms with Crippen molar-refractivity contribution >= 4 is 22.6 Å². The molecule has 132 valence electrons. The zero-order valence-corrected chi connectivity index (χ0v) is 14.0. The Labute approximate surface area is 148 Å². The number of fused-ring (bicyclic) bond motifs is 1. The second-order valence-corrected chi connectivity index (χ2v) is 5.22. The van der Waals surface area contributed by atoms with E-state index in [9.17, 15) is 14.9 Å². The number of benzene rings is 2. The van der Waals surface area contributed by atoms with Crippen molar-refractivity contribution in [1.29, 1.82) is 0 Å². The lowest BCUT2D eigenvalue weighted by Crippen LogP contribution is -2.04. The summed E-state index contributed by atoms with van der Waals surface area (Å²) in [6, 6.07) is 10.5. The number of nitrogens with zero attached hydrogens (tertiary/aromatic N) is 2. The fourth-order valence-corrected chi connectivity index (χ4v) is 2.44. The number of hydrogen-bond donors (Lipinski definition) is 0. The summed E-state index contributed by atoms with van der Waals surface area (Å²) in [6.45, 7) is 0. The third-order valence-electron chi connectivity index (χ3n) is 3.70. The molecule has 3 aromatic rings. The van der Waals surface area contributed by atoms with Crippen LogP contribution in [0.2, 0.25) is 0 Å². The number of non-ortho nitro benzene ring substituents is 1. The Kier molecular flexibility index (Phi) is 4.66. The topological polar surface area (TPSA) is 101 Å². The Balaban J connectivity index is 2.05. The molecule has 8 heteroatoms. The molecule has 0 saturated heterocycles. The van der Waals surface area contributed by atoms with Gasteiger partial charge in [-0.05, 0) is 24.3 Å². The summed E-state index contributed by atoms with van der Waals surface area (Å²) in [5.41, 5.74) is 0.771. The minimum absolute atomic E-state index is 0.0327. The number of hydrogen-bond acceptors (Lipinski definition) is 7. The molecule has 0 unspecified atom stereocenters. The van der Waals surface area contributed by atoms with E-state index in [1.807, 2.05) is 0 Å². The quantitative estimate of drug-likeness (QED) is 0.391. The van der Waals surface area contributed by atoms with Crippen LogP contribution in [0.15, 0.2) is 48.7 Å². The first-order chi connectivity index (χ1) is 12.5. The molecule has 0 aliphatic rings. The van der Waals surface area contributed by atoms with Crippen molar-refractivity contribution in [3.05, 3.63) is 64.3 Å². The Morgan fingerprint density at radius 3 is 2.42 bits per heavy atom. The van der Waals surface area contributed by atoms with Crippen molar-refractivity contribution in [3.63, 3.8) is 0 Å². The number of methoxy groups -OCH3 is 2. The molecule has 2 aromatic carbocycles. The van der Waals surface area contributed by atoms with E-state index in [0.29, 0.717) is 28.2 Å². The highest BCUT2D eigenvalue weighted by Crippen LogP contribution is 2.33. The van der Waals surface area contributed by atoms with Gasteiger partial charge in [0.05, 0.1) is 24.7 Å². The second-order valence-electron chi connectivity index (χ2n) is 5.22. The average molecular weight is 354 g/mol. The van der Waals surface area contributed by atoms with Gasteiger partial charge < -0.3 is 14.2 Å². The average Bonchev–Trinajstić information content (AvgIpc) is 2.67. The van der Waals surface area contributed by atoms with E-state index in [2.05, 4.69) is 4.98 Å². The third kappa shape index (κ3) is 3.25. The van der Waals surface area contributed by atoms with Crippen LogP contribution >= 0.6 is 0 Å². The Morgan fingerprint density at radius 2 is 1.81 bits per heavy atom. The predicted molar refractivity (Wildman–Crippen MR) is 92.8 cm³/mol. The first-order valence-electron chi connectivity index (χ1n) is 7.51. The van der Waals surface area contributed by atoms with Crippen LogP contribution < -0.4 is 9.47 Å². The van der Waals surface area contributed by atoms with Gasteiger partial charge in [0.15, 0.2) is 0 Å². The zero-order valence-electron chi connectivity index (χ0n) is 14.0. The van der Waals surface area contributed by atoms with E-state index >= 15 is 0 Å². The van der Waals surface area contributed by atoms with Crippen LogP contribution in [0.1, 0.15) is 10.4 Å². The van der Waals surface area contributed by atoms with Gasteiger partial charge >= 0.3 is 5.97 Å². The highest BCUT2D eigenvalue weighted by Gasteiger charge is 2.17. The van der Waals surface area contributed by atoms with E-state index in [1.54, 1.807) is 24.4 Å². The van der Waals surface area contributed by atoms with E-state index in [0.717, 1.165) is 0 Å². The van der Waals surface area contributed by atoms with Crippen molar-refractivity contribution in [2.75, 3.05) is 14.2 Å². The summed E-state index contributed by atoms with van der Waals surface area (Å²) in [6.07, 6.45) is 1.56. The van der Waals surface area contributed by atoms with Gasteiger partial charge in [-0.15, -0.1) is 0 Å². The highest BCUT2D eigenvalue weighted by atomic mass is 16.6. The van der Waals surface area contributed by atoms with E-state index in [-0.39, 0.29) is 11.3 Å². The summed E-state index contributed by atoms with van der Waals surface area (Å²) in [7, 11) is 2.73. The van der Waals surface area contributed by atoms with Crippen molar-refractivity contribution < 1.29 is 23.9 Å². The van der Waals surface area contributed by atoms with Gasteiger partial charge in [0.2, 0.25) is 0 Å². The van der Waals surface area contributed by atoms with Crippen molar-refractivity contribution in [3.8, 4) is 17.2 Å². The van der Waals surface area contributed by atoms with Crippen molar-refractivity contribution in [1.82, 2.24) is 4.98 Å². The molecule has 1 aromatic heterocycles. The third-order valence-corrected chi connectivity index (χ3v) is 3.70. The summed E-state index contributed by atoms with van der Waals surface area (Å²) in [5.74, 6) is 0.647. The van der Waals surface area contributed by atoms with Crippen molar-refractivity contribution in [2.24, 2.45) is 0 Å². The molecule has 1 heterocycles. The van der Waals surface area contributed by atoms with Gasteiger partial charge in [-0.25, -0.2) is 4.79 Å². The normalized spacial score (nSPS) is 10.4. The maximum atomic E-state index is 12.0. The first kappa shape index (κ1) is 17.2. The number of pyridine rings is 1. The number of ether oxygens (including phenoxy) is 3. The van der Waals surface area contributed by atoms with E-state index in [1.165, 1.54) is 38.5 Å². The summed E-state index contributed by atoms with van der Waals surface area (Å²) >= 11 is 0. The van der Waals surface area contributed by atoms with Crippen LogP contribution in [0.5, 0.6) is 17.2 Å². The molecule has 0 atom stereocenters. The van der Waals surface area contributed by atoms with Gasteiger partial charge in [0, 0.05) is 29.8 Å². The second kappa shape index (κ2) is 7.06. The van der Waals surface area contributed by atoms with Crippen molar-refractivity contribution in [2.45, 2.75) is 0 Å². The Morgan fingerprint density at radius 1 is 1.08 bits per heavy atom. The summed E-state index contributed by atoms with van der Waals surface area (Å²) in [5, 5.41) is 11.3. The van der Waals surface area contributed by atoms with Crippen LogP contribution in [-0.4, -0.2) is 30.1 Å². The molecule has 0 aliphatic carbocycles. The minimum atomic E-state index is -0.547. The molecule has 0 fully saturated rings. The molecule has 0 N–H and O–H groups in total. The molecule has 0 aliphatic heterocycles. The first-order valence-corrected chi connectivity index (χ1v) is 7.51. The number of rotatable bonds is 5. The van der Waals surface area contributed by atoms with Gasteiger partial charge in [-0.2, -0.15) is 0 Å². The summed E-state index contributed by atoms with van der Waals surface area (Å²) in [4.78, 5) is 26.5. The molecular formula is C18H14N2O6. The molecule has 26 heavy (non-hydrogen) atoms. The van der Waals surface area contributed by atoms with Gasteiger partial charge in [-0.3, -0.25) is 15.1 Å². The minimum Gasteiger partial charge on any atom is -0.496 e. The van der Waals surface area contributed by atoms with Gasteiger partial charge in [0.1, 0.15) is 22.8 Å². The van der Waals surface area contributed by atoms with Gasteiger partial charge in [-0.1, -0.05) is 0 Å². The number of carbonyl (C=O) groups is 1. The fraction of sp³-hybridized carbons (Fsp3) is 0.111. The Bertz CT molecular complexity index is 985. The maximum Gasteiger partial charge on any atom is 0.341 e. The van der Waals surface area contributed by atoms with E-state index < -0.39 is 10.9 Å². The molecule has 3 rings (SSSR count). The lowest BCUT2D eigenvalue weighted by molar-refractivity contribution is -0.384. The molecule has 0 amide bonds. The van der Waals surface area contributed by atoms with Crippen LogP contribution in [-0.2, 0) is 4.74 Å². The Hall–Kier alpha value is -3.68. The molecule has 0 radical (unpaired) electrons. The molecule has 0 bridgehead atoms. The lowest BCUT2D eigenvalue weighted by atomic mass is 10.1. The van der Waals surface area contributed by atoms with E-state index in [4.69, 9.17) is 14.2 Å². The molecule has 0 saturated carbocycles. The van der Waals surface area contributed by atoms with Crippen LogP contribution in [0.25, 0.3) is 10.9 Å². The monoisotopic (exact) mass is 354 g/mol.